The smallest absolute Gasteiger partial charge is 0.352 e. The lowest BCUT2D eigenvalue weighted by Crippen LogP contribution is -2.49. The number of halogens is 4. The molecule has 0 spiro atoms. The second-order valence-corrected chi connectivity index (χ2v) is 5.31. The summed E-state index contributed by atoms with van der Waals surface area (Å²) < 4.78 is 52.0. The summed E-state index contributed by atoms with van der Waals surface area (Å²) in [5.74, 6) is -1.28. The molecule has 3 nitrogen and oxygen atoms in total. The van der Waals surface area contributed by atoms with Crippen LogP contribution in [-0.2, 0) is 4.79 Å². The van der Waals surface area contributed by atoms with Crippen LogP contribution >= 0.6 is 0 Å². The highest BCUT2D eigenvalue weighted by Crippen LogP contribution is 2.34. The standard InChI is InChI=1S/C14H16F4N2O/c1-20-7-9(8-20)6-19-13(21)11-4-2-10(15)3-5-12(11)14(16,17)18/h2,4-5,9H,3,6-8H2,1H3,(H,19,21). The summed E-state index contributed by atoms with van der Waals surface area (Å²) in [5.41, 5.74) is -1.63. The van der Waals surface area contributed by atoms with E-state index in [1.165, 1.54) is 0 Å². The number of carbonyl (C=O) groups is 1. The Hall–Kier alpha value is -1.63. The Morgan fingerprint density at radius 3 is 2.62 bits per heavy atom. The fourth-order valence-corrected chi connectivity index (χ4v) is 2.40. The molecule has 21 heavy (non-hydrogen) atoms. The third-order valence-electron chi connectivity index (χ3n) is 3.46. The maximum atomic E-state index is 13.1. The topological polar surface area (TPSA) is 32.3 Å². The molecular weight excluding hydrogens is 288 g/mol. The van der Waals surface area contributed by atoms with Crippen molar-refractivity contribution in [3.05, 3.63) is 35.2 Å². The van der Waals surface area contributed by atoms with Gasteiger partial charge in [-0.2, -0.15) is 13.2 Å². The molecule has 2 rings (SSSR count). The largest absolute Gasteiger partial charge is 0.416 e. The zero-order chi connectivity index (χ0) is 15.6. The Morgan fingerprint density at radius 1 is 1.38 bits per heavy atom. The molecule has 0 aromatic rings. The first-order valence-electron chi connectivity index (χ1n) is 6.58. The van der Waals surface area contributed by atoms with Gasteiger partial charge in [0.05, 0.1) is 11.1 Å². The number of rotatable bonds is 3. The molecule has 0 radical (unpaired) electrons. The summed E-state index contributed by atoms with van der Waals surface area (Å²) in [6.45, 7) is 1.92. The van der Waals surface area contributed by atoms with Crippen molar-refractivity contribution in [2.75, 3.05) is 26.7 Å². The number of hydrogen-bond donors (Lipinski definition) is 1. The minimum Gasteiger partial charge on any atom is -0.352 e. The highest BCUT2D eigenvalue weighted by Gasteiger charge is 2.38. The highest BCUT2D eigenvalue weighted by atomic mass is 19.4. The summed E-state index contributed by atoms with van der Waals surface area (Å²) >= 11 is 0. The molecule has 116 valence electrons. The lowest BCUT2D eigenvalue weighted by atomic mass is 10.00. The summed E-state index contributed by atoms with van der Waals surface area (Å²) in [7, 11) is 1.92. The molecule has 1 aliphatic carbocycles. The number of carbonyl (C=O) groups excluding carboxylic acids is 1. The van der Waals surface area contributed by atoms with Crippen LogP contribution in [0.15, 0.2) is 35.2 Å². The van der Waals surface area contributed by atoms with Gasteiger partial charge in [-0.05, 0) is 19.2 Å². The third-order valence-corrected chi connectivity index (χ3v) is 3.46. The lowest BCUT2D eigenvalue weighted by molar-refractivity contribution is -0.120. The Balaban J connectivity index is 2.08. The van der Waals surface area contributed by atoms with Crippen LogP contribution in [0.5, 0.6) is 0 Å². The SMILES string of the molecule is CN1CC(CNC(=O)C2=CC=C(F)CC=C2C(F)(F)F)C1. The number of nitrogens with one attached hydrogen (secondary N) is 1. The summed E-state index contributed by atoms with van der Waals surface area (Å²) in [5, 5.41) is 2.49. The van der Waals surface area contributed by atoms with Crippen LogP contribution in [0.2, 0.25) is 0 Å². The first kappa shape index (κ1) is 15.8. The molecule has 0 bridgehead atoms. The number of allylic oxidation sites excluding steroid dienone is 4. The van der Waals surface area contributed by atoms with Gasteiger partial charge < -0.3 is 10.2 Å². The maximum absolute atomic E-state index is 13.1. The molecule has 1 amide bonds. The fourth-order valence-electron chi connectivity index (χ4n) is 2.40. The molecule has 0 aromatic heterocycles. The van der Waals surface area contributed by atoms with E-state index >= 15 is 0 Å². The molecule has 7 heteroatoms. The monoisotopic (exact) mass is 304 g/mol. The number of nitrogens with zero attached hydrogens (tertiary/aromatic N) is 1. The molecule has 0 atom stereocenters. The molecule has 0 unspecified atom stereocenters. The number of amides is 1. The van der Waals surface area contributed by atoms with Gasteiger partial charge in [0.1, 0.15) is 5.83 Å². The molecule has 1 saturated heterocycles. The molecule has 1 fully saturated rings. The van der Waals surface area contributed by atoms with E-state index in [2.05, 4.69) is 5.32 Å². The van der Waals surface area contributed by atoms with Crippen molar-refractivity contribution >= 4 is 5.91 Å². The van der Waals surface area contributed by atoms with Gasteiger partial charge in [0.15, 0.2) is 0 Å². The molecule has 2 aliphatic rings. The van der Waals surface area contributed by atoms with Crippen molar-refractivity contribution < 1.29 is 22.4 Å². The van der Waals surface area contributed by atoms with Gasteiger partial charge in [0, 0.05) is 32.0 Å². The molecule has 1 heterocycles. The van der Waals surface area contributed by atoms with Crippen molar-refractivity contribution in [1.29, 1.82) is 0 Å². The van der Waals surface area contributed by atoms with Crippen molar-refractivity contribution in [3.63, 3.8) is 0 Å². The Bertz CT molecular complexity index is 514. The number of likely N-dealkylation sites (tertiary alicyclic amines) is 1. The molecule has 0 aromatic carbocycles. The van der Waals surface area contributed by atoms with E-state index in [0.29, 0.717) is 12.6 Å². The zero-order valence-electron chi connectivity index (χ0n) is 11.5. The van der Waals surface area contributed by atoms with Crippen molar-refractivity contribution in [2.24, 2.45) is 5.92 Å². The zero-order valence-corrected chi connectivity index (χ0v) is 11.5. The van der Waals surface area contributed by atoms with Crippen LogP contribution in [0.3, 0.4) is 0 Å². The summed E-state index contributed by atoms with van der Waals surface area (Å²) in [6.07, 6.45) is -2.64. The first-order valence-corrected chi connectivity index (χ1v) is 6.58. The fraction of sp³-hybridized carbons (Fsp3) is 0.500. The third kappa shape index (κ3) is 3.93. The predicted molar refractivity (Wildman–Crippen MR) is 70.0 cm³/mol. The highest BCUT2D eigenvalue weighted by molar-refractivity contribution is 5.98. The van der Waals surface area contributed by atoms with E-state index in [9.17, 15) is 22.4 Å². The van der Waals surface area contributed by atoms with Crippen LogP contribution in [-0.4, -0.2) is 43.7 Å². The van der Waals surface area contributed by atoms with Crippen LogP contribution in [0.4, 0.5) is 17.6 Å². The van der Waals surface area contributed by atoms with Crippen LogP contribution in [0.1, 0.15) is 6.42 Å². The van der Waals surface area contributed by atoms with Gasteiger partial charge in [-0.3, -0.25) is 4.79 Å². The Kier molecular flexibility index (Phi) is 4.51. The molecule has 0 saturated carbocycles. The predicted octanol–water partition coefficient (Wildman–Crippen LogP) is 2.34. The van der Waals surface area contributed by atoms with E-state index in [0.717, 1.165) is 25.2 Å². The summed E-state index contributed by atoms with van der Waals surface area (Å²) in [4.78, 5) is 14.0. The summed E-state index contributed by atoms with van der Waals surface area (Å²) in [6, 6.07) is 0. The first-order chi connectivity index (χ1) is 9.77. The number of alkyl halides is 3. The van der Waals surface area contributed by atoms with Gasteiger partial charge in [-0.25, -0.2) is 4.39 Å². The second-order valence-electron chi connectivity index (χ2n) is 5.31. The maximum Gasteiger partial charge on any atom is 0.416 e. The van der Waals surface area contributed by atoms with Crippen molar-refractivity contribution in [2.45, 2.75) is 12.6 Å². The van der Waals surface area contributed by atoms with Crippen molar-refractivity contribution in [1.82, 2.24) is 10.2 Å². The van der Waals surface area contributed by atoms with E-state index in [-0.39, 0.29) is 5.92 Å². The van der Waals surface area contributed by atoms with Crippen LogP contribution in [0.25, 0.3) is 0 Å². The van der Waals surface area contributed by atoms with E-state index in [4.69, 9.17) is 0 Å². The minimum absolute atomic E-state index is 0.246. The Morgan fingerprint density at radius 2 is 2.05 bits per heavy atom. The molecule has 1 N–H and O–H groups in total. The van der Waals surface area contributed by atoms with Gasteiger partial charge in [-0.15, -0.1) is 0 Å². The van der Waals surface area contributed by atoms with Crippen molar-refractivity contribution in [3.8, 4) is 0 Å². The second kappa shape index (κ2) is 6.01. The van der Waals surface area contributed by atoms with Crippen LogP contribution in [0, 0.1) is 5.92 Å². The van der Waals surface area contributed by atoms with E-state index in [1.807, 2.05) is 11.9 Å². The quantitative estimate of drug-likeness (QED) is 0.812. The number of hydrogen-bond acceptors (Lipinski definition) is 2. The van der Waals surface area contributed by atoms with Gasteiger partial charge >= 0.3 is 6.18 Å². The average Bonchev–Trinajstić information content (AvgIpc) is 2.54. The van der Waals surface area contributed by atoms with E-state index in [1.54, 1.807) is 0 Å². The van der Waals surface area contributed by atoms with Gasteiger partial charge in [-0.1, -0.05) is 6.08 Å². The Labute approximate surface area is 120 Å². The lowest BCUT2D eigenvalue weighted by Gasteiger charge is -2.36. The van der Waals surface area contributed by atoms with Crippen LogP contribution < -0.4 is 5.32 Å². The normalized spacial score (nSPS) is 20.9. The van der Waals surface area contributed by atoms with Gasteiger partial charge in [0.2, 0.25) is 0 Å². The molecule has 1 aliphatic heterocycles. The average molecular weight is 304 g/mol. The minimum atomic E-state index is -4.68. The van der Waals surface area contributed by atoms with E-state index < -0.39 is 35.5 Å². The van der Waals surface area contributed by atoms with Gasteiger partial charge in [0.25, 0.3) is 5.91 Å². The molecular formula is C14H16F4N2O.